The number of carbonyl (C=O) groups is 3. The Hall–Kier alpha value is -2.11. The molecular formula is C17H27NO5. The van der Waals surface area contributed by atoms with Gasteiger partial charge in [-0.15, -0.1) is 0 Å². The summed E-state index contributed by atoms with van der Waals surface area (Å²) in [6, 6.07) is -0.799. The van der Waals surface area contributed by atoms with E-state index in [1.165, 1.54) is 6.92 Å². The number of esters is 2. The number of rotatable bonds is 8. The summed E-state index contributed by atoms with van der Waals surface area (Å²) >= 11 is 0. The van der Waals surface area contributed by atoms with Crippen LogP contribution in [-0.2, 0) is 23.9 Å². The van der Waals surface area contributed by atoms with Gasteiger partial charge in [-0.2, -0.15) is 0 Å². The lowest BCUT2D eigenvalue weighted by Gasteiger charge is -2.23. The summed E-state index contributed by atoms with van der Waals surface area (Å²) in [5.41, 5.74) is 0.00135. The number of ether oxygens (including phenoxy) is 2. The van der Waals surface area contributed by atoms with Gasteiger partial charge < -0.3 is 14.8 Å². The van der Waals surface area contributed by atoms with E-state index in [0.29, 0.717) is 5.57 Å². The Balaban J connectivity index is 4.75. The molecule has 0 aliphatic carbocycles. The van der Waals surface area contributed by atoms with Crippen LogP contribution < -0.4 is 5.32 Å². The van der Waals surface area contributed by atoms with Gasteiger partial charge in [-0.25, -0.2) is 4.79 Å². The van der Waals surface area contributed by atoms with Crippen molar-refractivity contribution in [1.29, 1.82) is 0 Å². The van der Waals surface area contributed by atoms with Gasteiger partial charge in [0, 0.05) is 18.8 Å². The van der Waals surface area contributed by atoms with Crippen LogP contribution in [0.2, 0.25) is 0 Å². The third kappa shape index (κ3) is 9.50. The Morgan fingerprint density at radius 2 is 1.83 bits per heavy atom. The maximum absolute atomic E-state index is 12.1. The Bertz CT molecular complexity index is 474. The van der Waals surface area contributed by atoms with Gasteiger partial charge in [0.25, 0.3) is 0 Å². The molecule has 0 aliphatic rings. The molecule has 0 heterocycles. The summed E-state index contributed by atoms with van der Waals surface area (Å²) in [6.07, 6.45) is 3.49. The molecule has 0 aromatic rings. The predicted molar refractivity (Wildman–Crippen MR) is 87.5 cm³/mol. The molecule has 0 saturated carbocycles. The third-order valence-corrected chi connectivity index (χ3v) is 2.76. The van der Waals surface area contributed by atoms with Crippen molar-refractivity contribution in [2.45, 2.75) is 47.1 Å². The summed E-state index contributed by atoms with van der Waals surface area (Å²) in [4.78, 5) is 34.7. The number of carbonyl (C=O) groups excluding carboxylic acids is 3. The van der Waals surface area contributed by atoms with Crippen LogP contribution in [0.3, 0.4) is 0 Å². The average molecular weight is 325 g/mol. The fourth-order valence-electron chi connectivity index (χ4n) is 1.52. The molecule has 0 aliphatic heterocycles. The highest BCUT2D eigenvalue weighted by Gasteiger charge is 2.28. The Morgan fingerprint density at radius 1 is 1.22 bits per heavy atom. The van der Waals surface area contributed by atoms with Crippen molar-refractivity contribution >= 4 is 17.8 Å². The standard InChI is InChI=1S/C17H27NO5/c1-7-22-15(20)14(18-16(21)17(4,5)6)11-12(2)9-8-10-23-13(3)19/h8-9,14H,2,7,10-11H2,1,3-6H3,(H,18,21)/b9-8+. The van der Waals surface area contributed by atoms with Crippen LogP contribution in [-0.4, -0.2) is 37.1 Å². The lowest BCUT2D eigenvalue weighted by Crippen LogP contribution is -2.46. The zero-order valence-corrected chi connectivity index (χ0v) is 14.6. The molecule has 0 fully saturated rings. The molecule has 0 aromatic carbocycles. The quantitative estimate of drug-likeness (QED) is 0.546. The van der Waals surface area contributed by atoms with E-state index in [9.17, 15) is 14.4 Å². The first-order chi connectivity index (χ1) is 10.6. The topological polar surface area (TPSA) is 81.7 Å². The average Bonchev–Trinajstić information content (AvgIpc) is 2.41. The monoisotopic (exact) mass is 325 g/mol. The highest BCUT2D eigenvalue weighted by atomic mass is 16.5. The van der Waals surface area contributed by atoms with Crippen LogP contribution in [0, 0.1) is 5.41 Å². The normalized spacial score (nSPS) is 12.6. The van der Waals surface area contributed by atoms with E-state index in [1.807, 2.05) is 0 Å². The largest absolute Gasteiger partial charge is 0.464 e. The molecule has 1 amide bonds. The molecule has 130 valence electrons. The van der Waals surface area contributed by atoms with Crippen LogP contribution in [0.15, 0.2) is 24.3 Å². The number of hydrogen-bond acceptors (Lipinski definition) is 5. The number of allylic oxidation sites excluding steroid dienone is 1. The van der Waals surface area contributed by atoms with E-state index in [1.54, 1.807) is 39.8 Å². The molecule has 1 atom stereocenters. The molecule has 1 N–H and O–H groups in total. The molecule has 0 aromatic heterocycles. The lowest BCUT2D eigenvalue weighted by molar-refractivity contribution is -0.148. The molecule has 23 heavy (non-hydrogen) atoms. The van der Waals surface area contributed by atoms with Gasteiger partial charge in [-0.05, 0) is 13.0 Å². The molecule has 0 radical (unpaired) electrons. The molecule has 1 unspecified atom stereocenters. The summed E-state index contributed by atoms with van der Waals surface area (Å²) in [6.45, 7) is 12.5. The van der Waals surface area contributed by atoms with Gasteiger partial charge >= 0.3 is 11.9 Å². The van der Waals surface area contributed by atoms with E-state index in [0.717, 1.165) is 0 Å². The van der Waals surface area contributed by atoms with Gasteiger partial charge in [0.15, 0.2) is 0 Å². The van der Waals surface area contributed by atoms with Crippen molar-refractivity contribution in [1.82, 2.24) is 5.32 Å². The zero-order valence-electron chi connectivity index (χ0n) is 14.6. The minimum atomic E-state index is -0.799. The van der Waals surface area contributed by atoms with Crippen LogP contribution in [0.5, 0.6) is 0 Å². The molecule has 0 rings (SSSR count). The van der Waals surface area contributed by atoms with Gasteiger partial charge in [0.2, 0.25) is 5.91 Å². The Morgan fingerprint density at radius 3 is 2.30 bits per heavy atom. The van der Waals surface area contributed by atoms with Gasteiger partial charge in [0.1, 0.15) is 12.6 Å². The van der Waals surface area contributed by atoms with Crippen molar-refractivity contribution in [2.24, 2.45) is 5.41 Å². The smallest absolute Gasteiger partial charge is 0.328 e. The lowest BCUT2D eigenvalue weighted by atomic mass is 9.94. The minimum absolute atomic E-state index is 0.132. The highest BCUT2D eigenvalue weighted by Crippen LogP contribution is 2.15. The van der Waals surface area contributed by atoms with Crippen LogP contribution in [0.1, 0.15) is 41.0 Å². The molecule has 6 heteroatoms. The van der Waals surface area contributed by atoms with E-state index >= 15 is 0 Å². The fraction of sp³-hybridized carbons (Fsp3) is 0.588. The maximum Gasteiger partial charge on any atom is 0.328 e. The number of hydrogen-bond donors (Lipinski definition) is 1. The number of nitrogens with one attached hydrogen (secondary N) is 1. The molecule has 0 bridgehead atoms. The molecular weight excluding hydrogens is 298 g/mol. The molecule has 0 spiro atoms. The Kier molecular flexibility index (Phi) is 8.92. The SMILES string of the molecule is C=C(/C=C/COC(C)=O)CC(NC(=O)C(C)(C)C)C(=O)OCC. The second-order valence-electron chi connectivity index (χ2n) is 6.10. The van der Waals surface area contributed by atoms with E-state index in [2.05, 4.69) is 11.9 Å². The summed E-state index contributed by atoms with van der Waals surface area (Å²) in [7, 11) is 0. The third-order valence-electron chi connectivity index (χ3n) is 2.76. The Labute approximate surface area is 137 Å². The van der Waals surface area contributed by atoms with Crippen molar-refractivity contribution < 1.29 is 23.9 Å². The summed E-state index contributed by atoms with van der Waals surface area (Å²) < 4.78 is 9.75. The van der Waals surface area contributed by atoms with Crippen molar-refractivity contribution in [3.63, 3.8) is 0 Å². The van der Waals surface area contributed by atoms with Crippen molar-refractivity contribution in [3.8, 4) is 0 Å². The molecule has 6 nitrogen and oxygen atoms in total. The van der Waals surface area contributed by atoms with Crippen LogP contribution >= 0.6 is 0 Å². The van der Waals surface area contributed by atoms with Crippen LogP contribution in [0.4, 0.5) is 0 Å². The second-order valence-corrected chi connectivity index (χ2v) is 6.10. The van der Waals surface area contributed by atoms with E-state index in [4.69, 9.17) is 9.47 Å². The maximum atomic E-state index is 12.1. The van der Waals surface area contributed by atoms with Crippen molar-refractivity contribution in [2.75, 3.05) is 13.2 Å². The zero-order chi connectivity index (χ0) is 18.0. The fourth-order valence-corrected chi connectivity index (χ4v) is 1.52. The summed E-state index contributed by atoms with van der Waals surface area (Å²) in [5.74, 6) is -1.12. The molecule has 0 saturated heterocycles. The van der Waals surface area contributed by atoms with Gasteiger partial charge in [0.05, 0.1) is 6.61 Å². The van der Waals surface area contributed by atoms with Gasteiger partial charge in [-0.1, -0.05) is 39.0 Å². The first kappa shape index (κ1) is 20.9. The van der Waals surface area contributed by atoms with E-state index in [-0.39, 0.29) is 31.5 Å². The van der Waals surface area contributed by atoms with Crippen molar-refractivity contribution in [3.05, 3.63) is 24.3 Å². The predicted octanol–water partition coefficient (Wildman–Crippen LogP) is 2.15. The van der Waals surface area contributed by atoms with Crippen LogP contribution in [0.25, 0.3) is 0 Å². The first-order valence-corrected chi connectivity index (χ1v) is 7.53. The highest BCUT2D eigenvalue weighted by molar-refractivity contribution is 5.87. The second kappa shape index (κ2) is 9.82. The summed E-state index contributed by atoms with van der Waals surface area (Å²) in [5, 5.41) is 2.69. The van der Waals surface area contributed by atoms with E-state index < -0.39 is 17.4 Å². The number of amides is 1. The first-order valence-electron chi connectivity index (χ1n) is 7.53. The minimum Gasteiger partial charge on any atom is -0.464 e. The van der Waals surface area contributed by atoms with Gasteiger partial charge in [-0.3, -0.25) is 9.59 Å².